The molecule has 0 saturated carbocycles. The van der Waals surface area contributed by atoms with Gasteiger partial charge in [-0.25, -0.2) is 13.1 Å². The minimum absolute atomic E-state index is 0.111. The summed E-state index contributed by atoms with van der Waals surface area (Å²) in [4.78, 5) is 11.9. The Morgan fingerprint density at radius 1 is 1.24 bits per heavy atom. The van der Waals surface area contributed by atoms with Crippen LogP contribution in [0.4, 0.5) is 5.69 Å². The van der Waals surface area contributed by atoms with E-state index in [9.17, 15) is 13.2 Å². The molecule has 0 fully saturated rings. The van der Waals surface area contributed by atoms with E-state index in [2.05, 4.69) is 16.6 Å². The molecule has 0 unspecified atom stereocenters. The van der Waals surface area contributed by atoms with Crippen LogP contribution in [0.5, 0.6) is 0 Å². The Hall–Kier alpha value is -2.38. The molecule has 2 aromatic rings. The molecule has 1 heterocycles. The number of benzene rings is 1. The van der Waals surface area contributed by atoms with Gasteiger partial charge in [0.25, 0.3) is 5.91 Å². The van der Waals surface area contributed by atoms with Crippen molar-refractivity contribution in [3.8, 4) is 0 Å². The second-order valence-corrected chi connectivity index (χ2v) is 5.86. The number of carbonyl (C=O) groups is 1. The van der Waals surface area contributed by atoms with E-state index in [1.807, 2.05) is 0 Å². The number of anilines is 1. The van der Waals surface area contributed by atoms with Crippen molar-refractivity contribution < 1.29 is 17.6 Å². The molecule has 0 aliphatic carbocycles. The zero-order valence-corrected chi connectivity index (χ0v) is 11.9. The van der Waals surface area contributed by atoms with E-state index in [0.717, 1.165) is 0 Å². The molecule has 0 bridgehead atoms. The molecule has 21 heavy (non-hydrogen) atoms. The Bertz CT molecular complexity index is 719. The number of nitrogens with one attached hydrogen (secondary N) is 2. The molecule has 1 aromatic heterocycles. The van der Waals surface area contributed by atoms with Gasteiger partial charge in [-0.1, -0.05) is 6.08 Å². The summed E-state index contributed by atoms with van der Waals surface area (Å²) >= 11 is 0. The van der Waals surface area contributed by atoms with Crippen LogP contribution in [-0.4, -0.2) is 20.9 Å². The number of sulfonamides is 1. The molecule has 0 aliphatic rings. The number of furan rings is 1. The van der Waals surface area contributed by atoms with Gasteiger partial charge in [0.05, 0.1) is 11.2 Å². The first kappa shape index (κ1) is 15.0. The second-order valence-electron chi connectivity index (χ2n) is 4.10. The van der Waals surface area contributed by atoms with Crippen LogP contribution in [0.3, 0.4) is 0 Å². The van der Waals surface area contributed by atoms with Crippen LogP contribution >= 0.6 is 0 Å². The van der Waals surface area contributed by atoms with Crippen LogP contribution in [0.1, 0.15) is 10.6 Å². The van der Waals surface area contributed by atoms with Crippen molar-refractivity contribution in [1.29, 1.82) is 0 Å². The maximum Gasteiger partial charge on any atom is 0.291 e. The third kappa shape index (κ3) is 3.80. The monoisotopic (exact) mass is 306 g/mol. The number of amides is 1. The van der Waals surface area contributed by atoms with Crippen molar-refractivity contribution in [3.63, 3.8) is 0 Å². The normalized spacial score (nSPS) is 11.0. The van der Waals surface area contributed by atoms with Crippen LogP contribution in [0.25, 0.3) is 0 Å². The first-order valence-electron chi connectivity index (χ1n) is 6.08. The Balaban J connectivity index is 2.09. The van der Waals surface area contributed by atoms with E-state index >= 15 is 0 Å². The maximum atomic E-state index is 11.9. The summed E-state index contributed by atoms with van der Waals surface area (Å²) in [6.07, 6.45) is 2.85. The molecule has 6 nitrogen and oxygen atoms in total. The lowest BCUT2D eigenvalue weighted by Gasteiger charge is -2.06. The van der Waals surface area contributed by atoms with Gasteiger partial charge in [0.15, 0.2) is 5.76 Å². The number of rotatable bonds is 6. The maximum absolute atomic E-state index is 11.9. The number of hydrogen-bond acceptors (Lipinski definition) is 4. The Kier molecular flexibility index (Phi) is 4.56. The Labute approximate surface area is 122 Å². The highest BCUT2D eigenvalue weighted by molar-refractivity contribution is 7.89. The molecule has 0 radical (unpaired) electrons. The molecule has 2 N–H and O–H groups in total. The van der Waals surface area contributed by atoms with Gasteiger partial charge in [-0.2, -0.15) is 0 Å². The summed E-state index contributed by atoms with van der Waals surface area (Å²) in [7, 11) is -3.56. The van der Waals surface area contributed by atoms with E-state index < -0.39 is 15.9 Å². The highest BCUT2D eigenvalue weighted by Gasteiger charge is 2.13. The number of hydrogen-bond donors (Lipinski definition) is 2. The van der Waals surface area contributed by atoms with E-state index in [1.54, 1.807) is 6.07 Å². The molecule has 0 aliphatic heterocycles. The van der Waals surface area contributed by atoms with E-state index in [0.29, 0.717) is 5.69 Å². The van der Waals surface area contributed by atoms with Gasteiger partial charge in [-0.05, 0) is 36.4 Å². The van der Waals surface area contributed by atoms with Gasteiger partial charge in [0.2, 0.25) is 10.0 Å². The summed E-state index contributed by atoms with van der Waals surface area (Å²) in [6.45, 7) is 3.60. The summed E-state index contributed by atoms with van der Waals surface area (Å²) < 4.78 is 31.0. The van der Waals surface area contributed by atoms with Crippen molar-refractivity contribution in [2.24, 2.45) is 0 Å². The predicted molar refractivity (Wildman–Crippen MR) is 78.5 cm³/mol. The summed E-state index contributed by atoms with van der Waals surface area (Å²) in [5.74, 6) is -0.222. The largest absolute Gasteiger partial charge is 0.459 e. The van der Waals surface area contributed by atoms with Crippen molar-refractivity contribution in [2.75, 3.05) is 11.9 Å². The van der Waals surface area contributed by atoms with Gasteiger partial charge in [0, 0.05) is 12.2 Å². The average Bonchev–Trinajstić information content (AvgIpc) is 3.00. The van der Waals surface area contributed by atoms with Gasteiger partial charge in [-0.3, -0.25) is 4.79 Å². The molecule has 110 valence electrons. The lowest BCUT2D eigenvalue weighted by Crippen LogP contribution is -2.23. The fourth-order valence-electron chi connectivity index (χ4n) is 1.57. The molecular weight excluding hydrogens is 292 g/mol. The van der Waals surface area contributed by atoms with Crippen molar-refractivity contribution in [1.82, 2.24) is 4.72 Å². The van der Waals surface area contributed by atoms with Crippen LogP contribution in [0.15, 0.2) is 64.6 Å². The van der Waals surface area contributed by atoms with E-state index in [-0.39, 0.29) is 17.2 Å². The molecule has 0 saturated heterocycles. The van der Waals surface area contributed by atoms with Crippen LogP contribution in [-0.2, 0) is 10.0 Å². The van der Waals surface area contributed by atoms with Crippen molar-refractivity contribution >= 4 is 21.6 Å². The highest BCUT2D eigenvalue weighted by atomic mass is 32.2. The fourth-order valence-corrected chi connectivity index (χ4v) is 2.57. The van der Waals surface area contributed by atoms with Gasteiger partial charge in [-0.15, -0.1) is 6.58 Å². The van der Waals surface area contributed by atoms with Gasteiger partial charge < -0.3 is 9.73 Å². The SMILES string of the molecule is C=CCNS(=O)(=O)c1ccc(NC(=O)c2ccco2)cc1. The molecule has 1 amide bonds. The van der Waals surface area contributed by atoms with Crippen LogP contribution in [0, 0.1) is 0 Å². The van der Waals surface area contributed by atoms with Crippen molar-refractivity contribution in [3.05, 3.63) is 61.1 Å². The third-order valence-corrected chi connectivity index (χ3v) is 4.02. The molecule has 0 spiro atoms. The lowest BCUT2D eigenvalue weighted by atomic mass is 10.3. The second kappa shape index (κ2) is 6.38. The van der Waals surface area contributed by atoms with Gasteiger partial charge in [0.1, 0.15) is 0 Å². The molecule has 1 aromatic carbocycles. The van der Waals surface area contributed by atoms with Crippen LogP contribution in [0.2, 0.25) is 0 Å². The Morgan fingerprint density at radius 3 is 2.52 bits per heavy atom. The number of carbonyl (C=O) groups excluding carboxylic acids is 1. The zero-order chi connectivity index (χ0) is 15.3. The molecule has 2 rings (SSSR count). The average molecular weight is 306 g/mol. The standard InChI is InChI=1S/C14H14N2O4S/c1-2-9-15-21(18,19)12-7-5-11(6-8-12)16-14(17)13-4-3-10-20-13/h2-8,10,15H,1,9H2,(H,16,17). The third-order valence-electron chi connectivity index (χ3n) is 2.59. The zero-order valence-electron chi connectivity index (χ0n) is 11.1. The Morgan fingerprint density at radius 2 is 1.95 bits per heavy atom. The first-order chi connectivity index (χ1) is 10.0. The summed E-state index contributed by atoms with van der Waals surface area (Å²) in [5, 5.41) is 2.60. The molecular formula is C14H14N2O4S. The molecule has 0 atom stereocenters. The predicted octanol–water partition coefficient (Wildman–Crippen LogP) is 2.00. The van der Waals surface area contributed by atoms with E-state index in [4.69, 9.17) is 4.42 Å². The smallest absolute Gasteiger partial charge is 0.291 e. The molecule has 7 heteroatoms. The minimum Gasteiger partial charge on any atom is -0.459 e. The van der Waals surface area contributed by atoms with Crippen LogP contribution < -0.4 is 10.0 Å². The fraction of sp³-hybridized carbons (Fsp3) is 0.0714. The van der Waals surface area contributed by atoms with E-state index in [1.165, 1.54) is 42.7 Å². The quantitative estimate of drug-likeness (QED) is 0.799. The topological polar surface area (TPSA) is 88.4 Å². The van der Waals surface area contributed by atoms with Gasteiger partial charge >= 0.3 is 0 Å². The first-order valence-corrected chi connectivity index (χ1v) is 7.57. The lowest BCUT2D eigenvalue weighted by molar-refractivity contribution is 0.0996. The minimum atomic E-state index is -3.56. The summed E-state index contributed by atoms with van der Waals surface area (Å²) in [6, 6.07) is 8.96. The highest BCUT2D eigenvalue weighted by Crippen LogP contribution is 2.15. The van der Waals surface area contributed by atoms with Crippen molar-refractivity contribution in [2.45, 2.75) is 4.90 Å². The summed E-state index contributed by atoms with van der Waals surface area (Å²) in [5.41, 5.74) is 0.471.